The zero-order valence-corrected chi connectivity index (χ0v) is 16.9. The highest BCUT2D eigenvalue weighted by atomic mass is 32.1. The highest BCUT2D eigenvalue weighted by Gasteiger charge is 2.41. The number of nitrogens with zero attached hydrogens (tertiary/aromatic N) is 4. The van der Waals surface area contributed by atoms with Gasteiger partial charge in [0.05, 0.1) is 30.0 Å². The first-order chi connectivity index (χ1) is 14.0. The van der Waals surface area contributed by atoms with Crippen molar-refractivity contribution >= 4 is 23.7 Å². The molecule has 158 valence electrons. The summed E-state index contributed by atoms with van der Waals surface area (Å²) >= 11 is 1.70. The average Bonchev–Trinajstić information content (AvgIpc) is 3.32. The maximum Gasteiger partial charge on any atom is 0.341 e. The summed E-state index contributed by atoms with van der Waals surface area (Å²) in [6.45, 7) is 6.13. The van der Waals surface area contributed by atoms with E-state index in [9.17, 15) is 9.59 Å². The summed E-state index contributed by atoms with van der Waals surface area (Å²) in [4.78, 5) is 44.3. The molecule has 0 radical (unpaired) electrons. The molecule has 1 spiro atoms. The number of likely N-dealkylation sites (tertiary alicyclic amines) is 1. The summed E-state index contributed by atoms with van der Waals surface area (Å²) in [5, 5.41) is 12.9. The van der Waals surface area contributed by atoms with Crippen LogP contribution < -0.4 is 5.69 Å². The molecule has 1 amide bonds. The van der Waals surface area contributed by atoms with E-state index < -0.39 is 5.69 Å². The van der Waals surface area contributed by atoms with Gasteiger partial charge in [-0.3, -0.25) is 19.5 Å². The molecule has 12 heteroatoms. The number of ether oxygens (including phenoxy) is 1. The van der Waals surface area contributed by atoms with E-state index in [0.29, 0.717) is 19.7 Å². The smallest absolute Gasteiger partial charge is 0.341 e. The van der Waals surface area contributed by atoms with Crippen molar-refractivity contribution in [2.45, 2.75) is 31.9 Å². The molecule has 0 bridgehead atoms. The fourth-order valence-electron chi connectivity index (χ4n) is 3.64. The van der Waals surface area contributed by atoms with E-state index in [-0.39, 0.29) is 23.8 Å². The molecule has 2 fully saturated rings. The number of rotatable bonds is 3. The number of morpholine rings is 1. The van der Waals surface area contributed by atoms with E-state index in [1.165, 1.54) is 4.88 Å². The molecule has 2 aliphatic rings. The Kier molecular flexibility index (Phi) is 6.77. The fraction of sp³-hybridized carbons (Fsp3) is 0.588. The zero-order chi connectivity index (χ0) is 20.9. The number of aryl methyl sites for hydroxylation is 1. The Morgan fingerprint density at radius 2 is 2.14 bits per heavy atom. The van der Waals surface area contributed by atoms with Gasteiger partial charge >= 0.3 is 5.69 Å². The van der Waals surface area contributed by atoms with Crippen molar-refractivity contribution in [3.63, 3.8) is 0 Å². The molecule has 2 aliphatic heterocycles. The van der Waals surface area contributed by atoms with Crippen LogP contribution in [0.4, 0.5) is 0 Å². The predicted molar refractivity (Wildman–Crippen MR) is 104 cm³/mol. The molecular weight excluding hydrogens is 400 g/mol. The monoisotopic (exact) mass is 424 g/mol. The maximum atomic E-state index is 12.6. The van der Waals surface area contributed by atoms with Crippen LogP contribution in [0.3, 0.4) is 0 Å². The van der Waals surface area contributed by atoms with Crippen LogP contribution >= 0.6 is 11.3 Å². The average molecular weight is 424 g/mol. The minimum absolute atomic E-state index is 0.0603. The molecule has 29 heavy (non-hydrogen) atoms. The normalized spacial score (nSPS) is 18.9. The molecule has 0 aliphatic carbocycles. The summed E-state index contributed by atoms with van der Waals surface area (Å²) in [6, 6.07) is 0. The minimum Gasteiger partial charge on any atom is -0.483 e. The number of nitrogens with one attached hydrogen (secondary N) is 2. The Balaban J connectivity index is 0.000000755. The molecule has 2 saturated heterocycles. The Morgan fingerprint density at radius 3 is 2.72 bits per heavy atom. The number of aromatic amines is 2. The van der Waals surface area contributed by atoms with Crippen LogP contribution in [-0.4, -0.2) is 85.8 Å². The van der Waals surface area contributed by atoms with Crippen LogP contribution in [-0.2, 0) is 16.1 Å². The first-order valence-electron chi connectivity index (χ1n) is 9.23. The lowest BCUT2D eigenvalue weighted by molar-refractivity contribution is -0.128. The highest BCUT2D eigenvalue weighted by molar-refractivity contribution is 7.09. The van der Waals surface area contributed by atoms with Gasteiger partial charge in [-0.2, -0.15) is 0 Å². The van der Waals surface area contributed by atoms with Crippen LogP contribution in [0.15, 0.2) is 10.3 Å². The Labute approximate surface area is 170 Å². The molecule has 2 aromatic heterocycles. The van der Waals surface area contributed by atoms with Gasteiger partial charge in [0.25, 0.3) is 12.4 Å². The maximum absolute atomic E-state index is 12.6. The van der Waals surface area contributed by atoms with Crippen molar-refractivity contribution in [2.24, 2.45) is 0 Å². The summed E-state index contributed by atoms with van der Waals surface area (Å²) < 4.78 is 6.10. The lowest BCUT2D eigenvalue weighted by Gasteiger charge is -2.47. The van der Waals surface area contributed by atoms with Gasteiger partial charge in [0.15, 0.2) is 0 Å². The number of carbonyl (C=O) groups excluding carboxylic acids is 1. The molecular formula is C17H24N6O5S. The van der Waals surface area contributed by atoms with Crippen molar-refractivity contribution in [3.05, 3.63) is 32.4 Å². The number of amides is 1. The van der Waals surface area contributed by atoms with Crippen LogP contribution in [0.2, 0.25) is 0 Å². The van der Waals surface area contributed by atoms with E-state index in [1.54, 1.807) is 16.2 Å². The zero-order valence-electron chi connectivity index (χ0n) is 16.1. The van der Waals surface area contributed by atoms with Crippen LogP contribution in [0.1, 0.15) is 34.0 Å². The van der Waals surface area contributed by atoms with Gasteiger partial charge in [-0.15, -0.1) is 16.4 Å². The Morgan fingerprint density at radius 1 is 1.41 bits per heavy atom. The van der Waals surface area contributed by atoms with E-state index in [4.69, 9.17) is 14.6 Å². The number of carbonyl (C=O) groups is 2. The van der Waals surface area contributed by atoms with Gasteiger partial charge in [-0.25, -0.2) is 14.9 Å². The molecule has 0 saturated carbocycles. The van der Waals surface area contributed by atoms with Gasteiger partial charge in [0, 0.05) is 31.1 Å². The van der Waals surface area contributed by atoms with Gasteiger partial charge in [-0.05, 0) is 19.8 Å². The van der Waals surface area contributed by atoms with Crippen molar-refractivity contribution in [1.82, 2.24) is 30.0 Å². The second-order valence-corrected chi connectivity index (χ2v) is 7.97. The number of piperidine rings is 1. The summed E-state index contributed by atoms with van der Waals surface area (Å²) in [7, 11) is 0. The van der Waals surface area contributed by atoms with Gasteiger partial charge in [0.1, 0.15) is 0 Å². The lowest BCUT2D eigenvalue weighted by Crippen LogP contribution is -2.58. The third kappa shape index (κ3) is 5.08. The van der Waals surface area contributed by atoms with Crippen molar-refractivity contribution in [2.75, 3.05) is 32.8 Å². The molecule has 3 N–H and O–H groups in total. The Hall–Kier alpha value is -2.57. The SMILES string of the molecule is Cc1ncsc1CN1CCC2(CC1)CN(C(=O)c1n[nH]c(=O)[nH]1)CCO2.O=CO. The third-order valence-electron chi connectivity index (χ3n) is 5.22. The molecule has 2 aromatic rings. The number of thiazole rings is 1. The van der Waals surface area contributed by atoms with E-state index in [2.05, 4.69) is 25.1 Å². The fourth-order valence-corrected chi connectivity index (χ4v) is 4.46. The molecule has 0 unspecified atom stereocenters. The van der Waals surface area contributed by atoms with Crippen LogP contribution in [0, 0.1) is 6.92 Å². The topological polar surface area (TPSA) is 145 Å². The van der Waals surface area contributed by atoms with Gasteiger partial charge < -0.3 is 14.7 Å². The number of hydrogen-bond donors (Lipinski definition) is 3. The molecule has 4 rings (SSSR count). The van der Waals surface area contributed by atoms with Crippen LogP contribution in [0.5, 0.6) is 0 Å². The summed E-state index contributed by atoms with van der Waals surface area (Å²) in [6.07, 6.45) is 1.76. The van der Waals surface area contributed by atoms with Gasteiger partial charge in [0.2, 0.25) is 5.82 Å². The minimum atomic E-state index is -0.469. The van der Waals surface area contributed by atoms with E-state index in [1.807, 2.05) is 12.4 Å². The van der Waals surface area contributed by atoms with Gasteiger partial charge in [-0.1, -0.05) is 0 Å². The van der Waals surface area contributed by atoms with Crippen molar-refractivity contribution in [3.8, 4) is 0 Å². The second-order valence-electron chi connectivity index (χ2n) is 7.03. The quantitative estimate of drug-likeness (QED) is 0.587. The first kappa shape index (κ1) is 21.1. The largest absolute Gasteiger partial charge is 0.483 e. The Bertz CT molecular complexity index is 885. The molecule has 11 nitrogen and oxygen atoms in total. The van der Waals surface area contributed by atoms with Crippen molar-refractivity contribution < 1.29 is 19.4 Å². The standard InChI is InChI=1S/C16H22N6O3S.CH2O2/c1-11-12(26-10-17-11)8-21-4-2-16(3-5-21)9-22(6-7-25-16)14(23)13-18-15(24)20-19-13;2-1-3/h10H,2-9H2,1H3,(H2,18,19,20,24);1H,(H,2,3). The molecule has 0 atom stereocenters. The second kappa shape index (κ2) is 9.29. The number of carboxylic acid groups (broad SMARTS) is 1. The highest BCUT2D eigenvalue weighted by Crippen LogP contribution is 2.31. The number of aromatic nitrogens is 4. The molecule has 4 heterocycles. The third-order valence-corrected chi connectivity index (χ3v) is 6.14. The van der Waals surface area contributed by atoms with E-state index >= 15 is 0 Å². The van der Waals surface area contributed by atoms with Crippen LogP contribution in [0.25, 0.3) is 0 Å². The van der Waals surface area contributed by atoms with E-state index in [0.717, 1.165) is 38.2 Å². The predicted octanol–water partition coefficient (Wildman–Crippen LogP) is 0.0709. The lowest BCUT2D eigenvalue weighted by atomic mass is 9.89. The number of hydrogen-bond acceptors (Lipinski definition) is 8. The first-order valence-corrected chi connectivity index (χ1v) is 10.1. The van der Waals surface area contributed by atoms with Crippen molar-refractivity contribution in [1.29, 1.82) is 0 Å². The molecule has 0 aromatic carbocycles. The summed E-state index contributed by atoms with van der Waals surface area (Å²) in [5.74, 6) is -0.195. The summed E-state index contributed by atoms with van der Waals surface area (Å²) in [5.41, 5.74) is 2.23. The number of H-pyrrole nitrogens is 2.